The number of fused-ring (bicyclic) bond motifs is 8. The number of nitrogens with zero attached hydrogens (tertiary/aromatic N) is 2. The maximum Gasteiger partial charge on any atom is 0.149 e. The Labute approximate surface area is 367 Å². The van der Waals surface area contributed by atoms with Gasteiger partial charge in [0, 0.05) is 10.8 Å². The highest BCUT2D eigenvalue weighted by Crippen LogP contribution is 2.44. The van der Waals surface area contributed by atoms with Gasteiger partial charge >= 0.3 is 0 Å². The molecule has 0 spiro atoms. The van der Waals surface area contributed by atoms with Gasteiger partial charge < -0.3 is 4.42 Å². The third-order valence-electron chi connectivity index (χ3n) is 14.2. The first-order valence-electron chi connectivity index (χ1n) is 22.5. The number of para-hydroxylation sites is 3. The van der Waals surface area contributed by atoms with Crippen LogP contribution in [0, 0.1) is 0 Å². The van der Waals surface area contributed by atoms with E-state index < -0.39 is 16.1 Å². The summed E-state index contributed by atoms with van der Waals surface area (Å²) >= 11 is 0. The summed E-state index contributed by atoms with van der Waals surface area (Å²) in [7, 11) is -2.83. The number of furan rings is 1. The van der Waals surface area contributed by atoms with E-state index in [0.717, 1.165) is 44.4 Å². The molecule has 0 fully saturated rings. The van der Waals surface area contributed by atoms with Gasteiger partial charge in [-0.3, -0.25) is 4.57 Å². The van der Waals surface area contributed by atoms with Gasteiger partial charge in [0.1, 0.15) is 17.0 Å². The third-order valence-corrected chi connectivity index (χ3v) is 21.7. The van der Waals surface area contributed by atoms with E-state index in [-0.39, 0.29) is 11.8 Å². The summed E-state index contributed by atoms with van der Waals surface area (Å²) in [6.07, 6.45) is 0. The van der Waals surface area contributed by atoms with Crippen LogP contribution in [0.1, 0.15) is 50.7 Å². The molecule has 0 amide bonds. The zero-order valence-corrected chi connectivity index (χ0v) is 39.2. The molecule has 0 atom stereocenters. The smallest absolute Gasteiger partial charge is 0.149 e. The first-order valence-corrected chi connectivity index (χ1v) is 29.0. The lowest BCUT2D eigenvalue weighted by Crippen LogP contribution is -2.63. The van der Waals surface area contributed by atoms with Crippen LogP contribution < -0.4 is 10.4 Å². The predicted molar refractivity (Wildman–Crippen MR) is 272 cm³/mol. The number of rotatable bonds is 6. The zero-order chi connectivity index (χ0) is 42.7. The van der Waals surface area contributed by atoms with Crippen LogP contribution >= 0.6 is 0 Å². The minimum Gasteiger partial charge on any atom is -0.455 e. The summed E-state index contributed by atoms with van der Waals surface area (Å²) in [4.78, 5) is 5.45. The Kier molecular flexibility index (Phi) is 8.94. The van der Waals surface area contributed by atoms with Crippen LogP contribution in [0.25, 0.3) is 93.8 Å². The van der Waals surface area contributed by atoms with E-state index in [4.69, 9.17) is 9.40 Å². The fourth-order valence-electron chi connectivity index (χ4n) is 10.5. The van der Waals surface area contributed by atoms with Gasteiger partial charge in [0.15, 0.2) is 0 Å². The molecule has 0 N–H and O–H groups in total. The second-order valence-electron chi connectivity index (χ2n) is 19.8. The standard InChI is InChI=1S/C57H54N2OSi2/c1-35(2)46-31-42(38-22-20-37(21-23-38)40-26-27-53-54(33-40)62(7,8)29-28-61(53,5)6)32-47(36(3)4)55(46)59-51-19-12-11-18-50(51)58-57(59)45-17-13-16-44-49-30-41-25-24-39-14-9-10-15-43(39)48(41)34-52(49)60-56(44)45/h9-27,30-36H,28-29H2,1-8H3. The van der Waals surface area contributed by atoms with Crippen molar-refractivity contribution in [2.75, 3.05) is 0 Å². The van der Waals surface area contributed by atoms with Crippen molar-refractivity contribution in [2.45, 2.75) is 77.8 Å². The normalized spacial score (nSPS) is 14.9. The van der Waals surface area contributed by atoms with E-state index in [2.05, 4.69) is 204 Å². The summed E-state index contributed by atoms with van der Waals surface area (Å²) in [5, 5.41) is 10.5. The number of aromatic nitrogens is 2. The Balaban J connectivity index is 1.07. The summed E-state index contributed by atoms with van der Waals surface area (Å²) in [5.74, 6) is 1.42. The largest absolute Gasteiger partial charge is 0.455 e. The van der Waals surface area contributed by atoms with Crippen molar-refractivity contribution in [3.63, 3.8) is 0 Å². The molecule has 0 unspecified atom stereocenters. The molecule has 0 saturated carbocycles. The fourth-order valence-corrected chi connectivity index (χ4v) is 20.8. The number of benzene rings is 8. The molecule has 0 radical (unpaired) electrons. The quantitative estimate of drug-likeness (QED) is 0.123. The van der Waals surface area contributed by atoms with E-state index in [0.29, 0.717) is 0 Å². The van der Waals surface area contributed by atoms with E-state index >= 15 is 0 Å². The Morgan fingerprint density at radius 2 is 1.15 bits per heavy atom. The van der Waals surface area contributed by atoms with Crippen molar-refractivity contribution >= 4 is 81.0 Å². The van der Waals surface area contributed by atoms with Crippen LogP contribution in [-0.4, -0.2) is 25.7 Å². The average Bonchev–Trinajstić information content (AvgIpc) is 3.85. The van der Waals surface area contributed by atoms with Gasteiger partial charge in [-0.1, -0.05) is 179 Å². The minimum absolute atomic E-state index is 0.260. The molecule has 5 heteroatoms. The molecule has 0 saturated heterocycles. The first kappa shape index (κ1) is 38.9. The molecule has 11 rings (SSSR count). The van der Waals surface area contributed by atoms with E-state index in [9.17, 15) is 0 Å². The van der Waals surface area contributed by atoms with Gasteiger partial charge in [0.05, 0.1) is 38.4 Å². The van der Waals surface area contributed by atoms with Gasteiger partial charge in [-0.2, -0.15) is 0 Å². The SMILES string of the molecule is CC(C)c1cc(-c2ccc(-c3ccc4c(c3)[Si](C)(C)CC[Si]4(C)C)cc2)cc(C(C)C)c1-n1c(-c2cccc3c2oc2cc4c(ccc5ccccc54)cc23)nc2ccccc21. The maximum atomic E-state index is 6.95. The van der Waals surface area contributed by atoms with Crippen molar-refractivity contribution in [1.82, 2.24) is 9.55 Å². The second-order valence-corrected chi connectivity index (χ2v) is 29.4. The molecule has 0 aliphatic carbocycles. The molecule has 3 nitrogen and oxygen atoms in total. The Morgan fingerprint density at radius 3 is 1.89 bits per heavy atom. The molecule has 2 aromatic heterocycles. The van der Waals surface area contributed by atoms with E-state index in [1.807, 2.05) is 0 Å². The lowest BCUT2D eigenvalue weighted by molar-refractivity contribution is 0.670. The minimum atomic E-state index is -1.45. The van der Waals surface area contributed by atoms with E-state index in [1.165, 1.54) is 72.7 Å². The van der Waals surface area contributed by atoms with Gasteiger partial charge in [0.25, 0.3) is 0 Å². The highest BCUT2D eigenvalue weighted by atomic mass is 28.3. The molecule has 62 heavy (non-hydrogen) atoms. The average molecular weight is 839 g/mol. The Bertz CT molecular complexity index is 3390. The lowest BCUT2D eigenvalue weighted by Gasteiger charge is -2.39. The lowest BCUT2D eigenvalue weighted by atomic mass is 9.87. The van der Waals surface area contributed by atoms with Crippen molar-refractivity contribution in [3.8, 4) is 39.3 Å². The molecule has 3 heterocycles. The molecule has 0 bridgehead atoms. The molecule has 1 aliphatic rings. The Hall–Kier alpha value is -6.02. The fraction of sp³-hybridized carbons (Fsp3) is 0.211. The van der Waals surface area contributed by atoms with E-state index in [1.54, 1.807) is 10.4 Å². The van der Waals surface area contributed by atoms with Crippen molar-refractivity contribution < 1.29 is 4.42 Å². The van der Waals surface area contributed by atoms with Crippen LogP contribution in [-0.2, 0) is 0 Å². The monoisotopic (exact) mass is 838 g/mol. The maximum absolute atomic E-state index is 6.95. The second kappa shape index (κ2) is 14.3. The van der Waals surface area contributed by atoms with Crippen molar-refractivity contribution in [1.29, 1.82) is 0 Å². The summed E-state index contributed by atoms with van der Waals surface area (Å²) < 4.78 is 9.39. The summed E-state index contributed by atoms with van der Waals surface area (Å²) in [6, 6.07) is 57.3. The molecule has 1 aliphatic heterocycles. The summed E-state index contributed by atoms with van der Waals surface area (Å²) in [6.45, 7) is 19.6. The molecular formula is C57H54N2OSi2. The number of imidazole rings is 1. The molecular weight excluding hydrogens is 785 g/mol. The van der Waals surface area contributed by atoms with Crippen molar-refractivity contribution in [2.24, 2.45) is 0 Å². The Morgan fingerprint density at radius 1 is 0.516 bits per heavy atom. The molecule has 306 valence electrons. The number of hydrogen-bond acceptors (Lipinski definition) is 2. The van der Waals surface area contributed by atoms with Crippen LogP contribution in [0.5, 0.6) is 0 Å². The topological polar surface area (TPSA) is 31.0 Å². The van der Waals surface area contributed by atoms with Crippen molar-refractivity contribution in [3.05, 3.63) is 157 Å². The molecule has 8 aromatic carbocycles. The van der Waals surface area contributed by atoms with Gasteiger partial charge in [-0.25, -0.2) is 4.98 Å². The number of hydrogen-bond donors (Lipinski definition) is 0. The molecule has 10 aromatic rings. The summed E-state index contributed by atoms with van der Waals surface area (Å²) in [5.41, 5.74) is 13.8. The van der Waals surface area contributed by atoms with Crippen LogP contribution in [0.3, 0.4) is 0 Å². The van der Waals surface area contributed by atoms with Crippen LogP contribution in [0.2, 0.25) is 38.3 Å². The predicted octanol–water partition coefficient (Wildman–Crippen LogP) is 15.3. The van der Waals surface area contributed by atoms with Gasteiger partial charge in [0.2, 0.25) is 0 Å². The third kappa shape index (κ3) is 6.15. The highest BCUT2D eigenvalue weighted by Gasteiger charge is 2.39. The van der Waals surface area contributed by atoms with Gasteiger partial charge in [-0.05, 0) is 109 Å². The van der Waals surface area contributed by atoms with Crippen LogP contribution in [0.15, 0.2) is 150 Å². The van der Waals surface area contributed by atoms with Crippen LogP contribution in [0.4, 0.5) is 0 Å². The first-order chi connectivity index (χ1) is 29.9. The highest BCUT2D eigenvalue weighted by molar-refractivity contribution is 7.03. The zero-order valence-electron chi connectivity index (χ0n) is 37.2. The van der Waals surface area contributed by atoms with Gasteiger partial charge in [-0.15, -0.1) is 0 Å².